The van der Waals surface area contributed by atoms with Gasteiger partial charge in [-0.25, -0.2) is 4.98 Å². The van der Waals surface area contributed by atoms with Crippen LogP contribution in [0.5, 0.6) is 5.75 Å². The number of nitrogens with one attached hydrogen (secondary N) is 2. The van der Waals surface area contributed by atoms with Gasteiger partial charge in [0.05, 0.1) is 24.4 Å². The Bertz CT molecular complexity index is 869. The molecule has 1 heterocycles. The molecule has 0 aliphatic heterocycles. The first-order valence-electron chi connectivity index (χ1n) is 6.68. The fraction of sp³-hybridized carbons (Fsp3) is 0.0625. The number of rotatable bonds is 4. The van der Waals surface area contributed by atoms with E-state index in [4.69, 9.17) is 4.74 Å². The second-order valence-corrected chi connectivity index (χ2v) is 4.57. The zero-order valence-electron chi connectivity index (χ0n) is 11.9. The minimum absolute atomic E-state index is 0.156. The Hall–Kier alpha value is -3.15. The molecule has 22 heavy (non-hydrogen) atoms. The molecule has 6 nitrogen and oxygen atoms in total. The van der Waals surface area contributed by atoms with E-state index in [-0.39, 0.29) is 11.4 Å². The molecule has 0 atom stereocenters. The third-order valence-electron chi connectivity index (χ3n) is 3.10. The number of aromatic nitrogens is 2. The number of para-hydroxylation sites is 2. The Labute approximate surface area is 126 Å². The number of benzene rings is 2. The number of aromatic amines is 1. The highest BCUT2D eigenvalue weighted by Gasteiger charge is 2.02. The van der Waals surface area contributed by atoms with E-state index in [1.165, 1.54) is 0 Å². The van der Waals surface area contributed by atoms with Crippen molar-refractivity contribution in [2.45, 2.75) is 0 Å². The largest absolute Gasteiger partial charge is 0.497 e. The molecule has 0 spiro atoms. The summed E-state index contributed by atoms with van der Waals surface area (Å²) in [7, 11) is 1.61. The Morgan fingerprint density at radius 2 is 1.95 bits per heavy atom. The van der Waals surface area contributed by atoms with Crippen molar-refractivity contribution in [3.8, 4) is 5.75 Å². The molecular weight excluding hydrogens is 280 g/mol. The van der Waals surface area contributed by atoms with Crippen LogP contribution in [-0.2, 0) is 0 Å². The maximum Gasteiger partial charge on any atom is 0.293 e. The van der Waals surface area contributed by atoms with Crippen molar-refractivity contribution in [1.82, 2.24) is 9.97 Å². The van der Waals surface area contributed by atoms with Gasteiger partial charge in [0.1, 0.15) is 5.75 Å². The van der Waals surface area contributed by atoms with Gasteiger partial charge in [-0.3, -0.25) is 10.2 Å². The van der Waals surface area contributed by atoms with Gasteiger partial charge in [-0.1, -0.05) is 12.1 Å². The number of anilines is 1. The summed E-state index contributed by atoms with van der Waals surface area (Å²) in [5, 5.41) is 4.04. The molecule has 0 unspecified atom stereocenters. The molecular formula is C16H14N4O2. The SMILES string of the molecule is COc1ccc(/C=N\Nc2nc3ccccc3[nH]c2=O)cc1. The van der Waals surface area contributed by atoms with Gasteiger partial charge in [0.25, 0.3) is 5.56 Å². The van der Waals surface area contributed by atoms with Crippen LogP contribution in [-0.4, -0.2) is 23.3 Å². The molecule has 0 saturated carbocycles. The summed E-state index contributed by atoms with van der Waals surface area (Å²) < 4.78 is 5.08. The Kier molecular flexibility index (Phi) is 3.82. The predicted molar refractivity (Wildman–Crippen MR) is 86.6 cm³/mol. The third-order valence-corrected chi connectivity index (χ3v) is 3.10. The molecule has 3 rings (SSSR count). The lowest BCUT2D eigenvalue weighted by atomic mass is 10.2. The molecule has 0 radical (unpaired) electrons. The lowest BCUT2D eigenvalue weighted by Gasteiger charge is -2.01. The van der Waals surface area contributed by atoms with E-state index in [0.717, 1.165) is 11.3 Å². The van der Waals surface area contributed by atoms with E-state index in [0.29, 0.717) is 11.0 Å². The molecule has 0 aliphatic rings. The molecule has 2 aromatic carbocycles. The van der Waals surface area contributed by atoms with E-state index in [2.05, 4.69) is 20.5 Å². The summed E-state index contributed by atoms with van der Waals surface area (Å²) in [6.07, 6.45) is 1.61. The maximum absolute atomic E-state index is 11.9. The Morgan fingerprint density at radius 3 is 2.73 bits per heavy atom. The lowest BCUT2D eigenvalue weighted by Crippen LogP contribution is -2.13. The van der Waals surface area contributed by atoms with Crippen LogP contribution in [0.1, 0.15) is 5.56 Å². The molecule has 0 saturated heterocycles. The van der Waals surface area contributed by atoms with E-state index >= 15 is 0 Å². The van der Waals surface area contributed by atoms with Crippen molar-refractivity contribution in [2.75, 3.05) is 12.5 Å². The molecule has 6 heteroatoms. The second kappa shape index (κ2) is 6.09. The average molecular weight is 294 g/mol. The minimum atomic E-state index is -0.314. The fourth-order valence-electron chi connectivity index (χ4n) is 1.96. The molecule has 0 bridgehead atoms. The maximum atomic E-state index is 11.9. The van der Waals surface area contributed by atoms with Crippen molar-refractivity contribution in [3.05, 3.63) is 64.4 Å². The standard InChI is InChI=1S/C16H14N4O2/c1-22-12-8-6-11(7-9-12)10-17-20-15-16(21)19-14-5-3-2-4-13(14)18-15/h2-10H,1H3,(H,18,20)(H,19,21)/b17-10-. The van der Waals surface area contributed by atoms with Gasteiger partial charge in [-0.05, 0) is 42.0 Å². The van der Waals surface area contributed by atoms with E-state index in [1.54, 1.807) is 19.4 Å². The van der Waals surface area contributed by atoms with Gasteiger partial charge in [-0.15, -0.1) is 0 Å². The lowest BCUT2D eigenvalue weighted by molar-refractivity contribution is 0.415. The van der Waals surface area contributed by atoms with Gasteiger partial charge >= 0.3 is 0 Å². The highest BCUT2D eigenvalue weighted by atomic mass is 16.5. The summed E-state index contributed by atoms with van der Waals surface area (Å²) in [4.78, 5) is 18.9. The van der Waals surface area contributed by atoms with Crippen LogP contribution in [0.3, 0.4) is 0 Å². The number of hydrazone groups is 1. The first-order valence-corrected chi connectivity index (χ1v) is 6.68. The topological polar surface area (TPSA) is 79.4 Å². The van der Waals surface area contributed by atoms with Gasteiger partial charge < -0.3 is 9.72 Å². The van der Waals surface area contributed by atoms with Crippen LogP contribution in [0.4, 0.5) is 5.82 Å². The summed E-state index contributed by atoms with van der Waals surface area (Å²) in [6, 6.07) is 14.7. The van der Waals surface area contributed by atoms with Crippen molar-refractivity contribution in [1.29, 1.82) is 0 Å². The first kappa shape index (κ1) is 13.8. The number of ether oxygens (including phenoxy) is 1. The van der Waals surface area contributed by atoms with E-state index in [9.17, 15) is 4.79 Å². The molecule has 2 N–H and O–H groups in total. The van der Waals surface area contributed by atoms with Crippen LogP contribution in [0.2, 0.25) is 0 Å². The number of hydrogen-bond donors (Lipinski definition) is 2. The molecule has 110 valence electrons. The monoisotopic (exact) mass is 294 g/mol. The van der Waals surface area contributed by atoms with Crippen LogP contribution in [0, 0.1) is 0 Å². The smallest absolute Gasteiger partial charge is 0.293 e. The number of H-pyrrole nitrogens is 1. The van der Waals surface area contributed by atoms with Crippen molar-refractivity contribution < 1.29 is 4.74 Å². The van der Waals surface area contributed by atoms with E-state index < -0.39 is 0 Å². The normalized spacial score (nSPS) is 11.0. The molecule has 0 aliphatic carbocycles. The molecule has 3 aromatic rings. The summed E-state index contributed by atoms with van der Waals surface area (Å²) in [6.45, 7) is 0. The van der Waals surface area contributed by atoms with Gasteiger partial charge in [0, 0.05) is 0 Å². The van der Waals surface area contributed by atoms with Gasteiger partial charge in [-0.2, -0.15) is 5.10 Å². The number of methoxy groups -OCH3 is 1. The van der Waals surface area contributed by atoms with Gasteiger partial charge in [0.15, 0.2) is 0 Å². The quantitative estimate of drug-likeness (QED) is 0.572. The Morgan fingerprint density at radius 1 is 1.18 bits per heavy atom. The zero-order valence-corrected chi connectivity index (χ0v) is 11.9. The highest BCUT2D eigenvalue weighted by Crippen LogP contribution is 2.10. The zero-order chi connectivity index (χ0) is 15.4. The van der Waals surface area contributed by atoms with Crippen molar-refractivity contribution in [2.24, 2.45) is 5.10 Å². The highest BCUT2D eigenvalue weighted by molar-refractivity contribution is 5.80. The number of hydrogen-bond acceptors (Lipinski definition) is 5. The third kappa shape index (κ3) is 2.95. The Balaban J connectivity index is 1.79. The van der Waals surface area contributed by atoms with E-state index in [1.807, 2.05) is 42.5 Å². The number of fused-ring (bicyclic) bond motifs is 1. The molecule has 1 aromatic heterocycles. The first-order chi connectivity index (χ1) is 10.8. The second-order valence-electron chi connectivity index (χ2n) is 4.57. The van der Waals surface area contributed by atoms with Crippen LogP contribution in [0.25, 0.3) is 11.0 Å². The van der Waals surface area contributed by atoms with Crippen LogP contribution in [0.15, 0.2) is 58.4 Å². The van der Waals surface area contributed by atoms with Crippen LogP contribution < -0.4 is 15.7 Å². The van der Waals surface area contributed by atoms with Gasteiger partial charge in [0.2, 0.25) is 5.82 Å². The van der Waals surface area contributed by atoms with Crippen molar-refractivity contribution in [3.63, 3.8) is 0 Å². The van der Waals surface area contributed by atoms with Crippen LogP contribution >= 0.6 is 0 Å². The number of nitrogens with zero attached hydrogens (tertiary/aromatic N) is 2. The average Bonchev–Trinajstić information content (AvgIpc) is 2.56. The molecule has 0 amide bonds. The predicted octanol–water partition coefficient (Wildman–Crippen LogP) is 2.38. The summed E-state index contributed by atoms with van der Waals surface area (Å²) in [5.41, 5.74) is 4.62. The minimum Gasteiger partial charge on any atom is -0.497 e. The summed E-state index contributed by atoms with van der Waals surface area (Å²) >= 11 is 0. The van der Waals surface area contributed by atoms with Crippen molar-refractivity contribution >= 4 is 23.1 Å². The fourth-order valence-corrected chi connectivity index (χ4v) is 1.96. The summed E-state index contributed by atoms with van der Waals surface area (Å²) in [5.74, 6) is 0.932. The molecule has 0 fully saturated rings.